The minimum Gasteiger partial charge on any atom is -0.724 e. The van der Waals surface area contributed by atoms with Crippen molar-refractivity contribution in [3.05, 3.63) is 0 Å². The molecule has 0 rings (SSSR count). The molecule has 0 fully saturated rings. The van der Waals surface area contributed by atoms with E-state index in [9.17, 15) is 21.4 Å². The van der Waals surface area contributed by atoms with Crippen molar-refractivity contribution in [2.75, 3.05) is 7.11 Å². The van der Waals surface area contributed by atoms with Gasteiger partial charge in [0.2, 0.25) is 10.4 Å². The predicted octanol–water partition coefficient (Wildman–Crippen LogP) is -5.19. The van der Waals surface area contributed by atoms with Crippen LogP contribution in [0.4, 0.5) is 0 Å². The predicted molar refractivity (Wildman–Crippen MR) is 31.6 cm³/mol. The summed E-state index contributed by atoms with van der Waals surface area (Å²) in [4.78, 5) is 0. The van der Waals surface area contributed by atoms with Crippen LogP contribution in [0, 0.1) is 0 Å². The summed E-state index contributed by atoms with van der Waals surface area (Å²) in [5, 5.41) is 7.00. The van der Waals surface area contributed by atoms with Crippen LogP contribution in [0.15, 0.2) is 0 Å². The van der Waals surface area contributed by atoms with Crippen LogP contribution in [0.25, 0.3) is 0 Å². The Kier molecular flexibility index (Phi) is 13.2. The molecular weight excluding hydrogens is 259 g/mol. The first kappa shape index (κ1) is 19.8. The average molecular weight is 264 g/mol. The first-order valence-electron chi connectivity index (χ1n) is 1.96. The van der Waals surface area contributed by atoms with Gasteiger partial charge >= 0.3 is 61.8 Å². The summed E-state index contributed by atoms with van der Waals surface area (Å²) in [5.74, 6) is 0. The SMILES string of the molecule is CO.O=S(=O)([O-])OOS(=O)(=O)O.[K+]. The van der Waals surface area contributed by atoms with Gasteiger partial charge in [-0.05, 0) is 0 Å². The summed E-state index contributed by atoms with van der Waals surface area (Å²) in [7, 11) is -9.33. The van der Waals surface area contributed by atoms with E-state index >= 15 is 0 Å². The maximum atomic E-state index is 9.48. The Morgan fingerprint density at radius 2 is 1.38 bits per heavy atom. The normalized spacial score (nSPS) is 10.8. The van der Waals surface area contributed by atoms with Gasteiger partial charge in [-0.1, -0.05) is 8.67 Å². The van der Waals surface area contributed by atoms with Crippen LogP contribution < -0.4 is 51.4 Å². The van der Waals surface area contributed by atoms with Crippen LogP contribution in [-0.2, 0) is 29.5 Å². The molecule has 0 aliphatic carbocycles. The summed E-state index contributed by atoms with van der Waals surface area (Å²) in [6.45, 7) is 0. The second-order valence-electron chi connectivity index (χ2n) is 0.972. The minimum absolute atomic E-state index is 0. The van der Waals surface area contributed by atoms with Gasteiger partial charge < -0.3 is 9.66 Å². The van der Waals surface area contributed by atoms with Gasteiger partial charge in [-0.2, -0.15) is 8.42 Å². The molecule has 0 aromatic carbocycles. The Balaban J connectivity index is -0.000000309. The standard InChI is InChI=1S/CH4O.K.H2O8S2/c1-2;;1-9(2,3)7-8-10(4,5)6/h2H,1H3;;(H,1,2,3)(H,4,5,6)/q;+1;/p-1. The molecule has 0 aromatic heterocycles. The minimum atomic E-state index is -5.27. The van der Waals surface area contributed by atoms with Crippen molar-refractivity contribution in [1.82, 2.24) is 0 Å². The molecular formula is CH5KO9S2. The van der Waals surface area contributed by atoms with Crippen molar-refractivity contribution >= 4 is 20.8 Å². The molecule has 0 aliphatic rings. The van der Waals surface area contributed by atoms with Crippen LogP contribution in [0.1, 0.15) is 0 Å². The molecule has 0 saturated carbocycles. The Labute approximate surface area is 117 Å². The molecule has 0 atom stereocenters. The Morgan fingerprint density at radius 3 is 1.46 bits per heavy atom. The Bertz CT molecular complexity index is 254. The van der Waals surface area contributed by atoms with Gasteiger partial charge in [0.1, 0.15) is 0 Å². The van der Waals surface area contributed by atoms with Crippen molar-refractivity contribution in [2.45, 2.75) is 0 Å². The van der Waals surface area contributed by atoms with E-state index in [0.717, 1.165) is 7.11 Å². The fourth-order valence-electron chi connectivity index (χ4n) is 0.0691. The summed E-state index contributed by atoms with van der Waals surface area (Å²) < 4.78 is 60.2. The first-order chi connectivity index (χ1) is 5.21. The molecule has 0 heterocycles. The van der Waals surface area contributed by atoms with E-state index in [0.29, 0.717) is 0 Å². The second-order valence-corrected chi connectivity index (χ2v) is 2.92. The third-order valence-corrected chi connectivity index (χ3v) is 0.758. The fraction of sp³-hybridized carbons (Fsp3) is 1.00. The van der Waals surface area contributed by atoms with Crippen LogP contribution in [0.5, 0.6) is 0 Å². The monoisotopic (exact) mass is 264 g/mol. The third-order valence-electron chi connectivity index (χ3n) is 0.197. The molecule has 0 aliphatic heterocycles. The molecule has 0 radical (unpaired) electrons. The fourth-order valence-corrected chi connectivity index (χ4v) is 0.622. The largest absolute Gasteiger partial charge is 1.00 e. The van der Waals surface area contributed by atoms with Gasteiger partial charge in [-0.25, -0.2) is 8.42 Å². The molecule has 0 aromatic rings. The quantitative estimate of drug-likeness (QED) is 0.167. The molecule has 0 unspecified atom stereocenters. The molecule has 0 bridgehead atoms. The number of hydrogen-bond acceptors (Lipinski definition) is 8. The molecule has 12 heteroatoms. The van der Waals surface area contributed by atoms with E-state index in [1.54, 1.807) is 0 Å². The number of rotatable bonds is 3. The van der Waals surface area contributed by atoms with E-state index in [1.807, 2.05) is 0 Å². The summed E-state index contributed by atoms with van der Waals surface area (Å²) in [6.07, 6.45) is 0. The summed E-state index contributed by atoms with van der Waals surface area (Å²) >= 11 is 0. The average Bonchev–Trinajstić information content (AvgIpc) is 1.86. The van der Waals surface area contributed by atoms with E-state index in [1.165, 1.54) is 0 Å². The first-order valence-corrected chi connectivity index (χ1v) is 4.66. The van der Waals surface area contributed by atoms with Gasteiger partial charge in [-0.15, -0.1) is 0 Å². The van der Waals surface area contributed by atoms with Gasteiger partial charge in [0.25, 0.3) is 0 Å². The zero-order valence-corrected chi connectivity index (χ0v) is 11.3. The van der Waals surface area contributed by atoms with Gasteiger partial charge in [0.05, 0.1) is 0 Å². The second kappa shape index (κ2) is 8.63. The Hall–Kier alpha value is 1.34. The maximum absolute atomic E-state index is 9.48. The third kappa shape index (κ3) is 24.7. The van der Waals surface area contributed by atoms with Crippen LogP contribution in [0.2, 0.25) is 0 Å². The maximum Gasteiger partial charge on any atom is 1.00 e. The zero-order valence-electron chi connectivity index (χ0n) is 6.57. The van der Waals surface area contributed by atoms with Crippen LogP contribution >= 0.6 is 0 Å². The van der Waals surface area contributed by atoms with E-state index in [2.05, 4.69) is 8.67 Å². The van der Waals surface area contributed by atoms with E-state index < -0.39 is 20.8 Å². The Morgan fingerprint density at radius 1 is 1.08 bits per heavy atom. The molecule has 0 saturated heterocycles. The molecule has 9 nitrogen and oxygen atoms in total. The molecule has 76 valence electrons. The molecule has 0 spiro atoms. The molecule has 2 N–H and O–H groups in total. The van der Waals surface area contributed by atoms with Gasteiger partial charge in [-0.3, -0.25) is 4.55 Å². The smallest absolute Gasteiger partial charge is 0.724 e. The van der Waals surface area contributed by atoms with Crippen molar-refractivity contribution in [3.63, 3.8) is 0 Å². The van der Waals surface area contributed by atoms with E-state index in [-0.39, 0.29) is 51.4 Å². The van der Waals surface area contributed by atoms with E-state index in [4.69, 9.17) is 9.66 Å². The topological polar surface area (TPSA) is 150 Å². The van der Waals surface area contributed by atoms with Crippen molar-refractivity contribution in [3.8, 4) is 0 Å². The molecule has 0 amide bonds. The number of hydrogen-bond donors (Lipinski definition) is 2. The van der Waals surface area contributed by atoms with Crippen molar-refractivity contribution < 1.29 is 91.1 Å². The van der Waals surface area contributed by atoms with Crippen LogP contribution in [0.3, 0.4) is 0 Å². The number of aliphatic hydroxyl groups is 1. The van der Waals surface area contributed by atoms with Crippen molar-refractivity contribution in [2.24, 2.45) is 0 Å². The molecule has 13 heavy (non-hydrogen) atoms. The van der Waals surface area contributed by atoms with Crippen LogP contribution in [-0.4, -0.2) is 38.2 Å². The summed E-state index contributed by atoms with van der Waals surface area (Å²) in [5.41, 5.74) is 0. The summed E-state index contributed by atoms with van der Waals surface area (Å²) in [6, 6.07) is 0. The van der Waals surface area contributed by atoms with Gasteiger partial charge in [0, 0.05) is 7.11 Å². The number of aliphatic hydroxyl groups excluding tert-OH is 1. The van der Waals surface area contributed by atoms with Crippen molar-refractivity contribution in [1.29, 1.82) is 0 Å². The zero-order chi connectivity index (χ0) is 10.4. The van der Waals surface area contributed by atoms with Gasteiger partial charge in [0.15, 0.2) is 0 Å².